The molecule has 1 aliphatic heterocycles. The summed E-state index contributed by atoms with van der Waals surface area (Å²) < 4.78 is 44.5. The molecule has 0 bridgehead atoms. The van der Waals surface area contributed by atoms with Crippen molar-refractivity contribution in [3.8, 4) is 11.5 Å². The van der Waals surface area contributed by atoms with Crippen LogP contribution in [0.4, 0.5) is 15.3 Å². The summed E-state index contributed by atoms with van der Waals surface area (Å²) in [4.78, 5) is 69.4. The Hall–Kier alpha value is -5.12. The van der Waals surface area contributed by atoms with Crippen LogP contribution in [-0.2, 0) is 33.9 Å². The van der Waals surface area contributed by atoms with Gasteiger partial charge in [0.2, 0.25) is 21.8 Å². The predicted octanol–water partition coefficient (Wildman–Crippen LogP) is 4.61. The maximum Gasteiger partial charge on any atom is 0.412 e. The second kappa shape index (κ2) is 15.3. The number of amides is 5. The van der Waals surface area contributed by atoms with Crippen LogP contribution >= 0.6 is 0 Å². The summed E-state index contributed by atoms with van der Waals surface area (Å²) >= 11 is 0. The number of carbonyl (C=O) groups is 5. The minimum atomic E-state index is -3.94. The van der Waals surface area contributed by atoms with E-state index in [0.29, 0.717) is 30.0 Å². The van der Waals surface area contributed by atoms with Gasteiger partial charge in [-0.15, -0.1) is 6.58 Å². The molecule has 5 amide bonds. The summed E-state index contributed by atoms with van der Waals surface area (Å²) in [6, 6.07) is 13.2. The SMILES string of the molecule is C=CC1C[C@]1(NC(=O)[C@@H]1C[C@@H](OC(=O)Nc2ccccc2Oc2ccccc2)CN1C(=O)[C@@H](NC(=O)OC(C)(C)C)C(C)(C)C)C(=O)NS(=O)(=O)C1CC1. The zero-order chi connectivity index (χ0) is 39.6. The normalized spacial score (nSPS) is 22.9. The number of alkyl carbamates (subject to hydrolysis) is 1. The van der Waals surface area contributed by atoms with Gasteiger partial charge in [0, 0.05) is 12.3 Å². The lowest BCUT2D eigenvalue weighted by Crippen LogP contribution is -2.60. The van der Waals surface area contributed by atoms with Crippen LogP contribution in [0.1, 0.15) is 67.2 Å². The van der Waals surface area contributed by atoms with Crippen LogP contribution in [-0.4, -0.2) is 84.3 Å². The maximum absolute atomic E-state index is 14.4. The van der Waals surface area contributed by atoms with Crippen LogP contribution in [0.5, 0.6) is 11.5 Å². The Morgan fingerprint density at radius 1 is 0.944 bits per heavy atom. The van der Waals surface area contributed by atoms with E-state index in [1.165, 1.54) is 11.0 Å². The number of sulfonamides is 1. The zero-order valence-corrected chi connectivity index (χ0v) is 32.2. The van der Waals surface area contributed by atoms with Gasteiger partial charge >= 0.3 is 12.2 Å². The minimum Gasteiger partial charge on any atom is -0.455 e. The Morgan fingerprint density at radius 2 is 1.59 bits per heavy atom. The zero-order valence-electron chi connectivity index (χ0n) is 31.3. The number of para-hydroxylation sites is 3. The fourth-order valence-electron chi connectivity index (χ4n) is 6.20. The molecule has 2 aromatic rings. The van der Waals surface area contributed by atoms with E-state index in [-0.39, 0.29) is 19.4 Å². The molecule has 5 rings (SSSR count). The second-order valence-electron chi connectivity index (χ2n) is 15.9. The molecule has 16 heteroatoms. The molecule has 1 heterocycles. The lowest BCUT2D eigenvalue weighted by molar-refractivity contribution is -0.143. The van der Waals surface area contributed by atoms with Gasteiger partial charge in [0.15, 0.2) is 5.75 Å². The molecule has 4 N–H and O–H groups in total. The molecule has 3 fully saturated rings. The molecule has 0 aromatic heterocycles. The largest absolute Gasteiger partial charge is 0.455 e. The number of likely N-dealkylation sites (tertiary alicyclic amines) is 1. The molecule has 1 saturated heterocycles. The Bertz CT molecular complexity index is 1890. The molecule has 292 valence electrons. The van der Waals surface area contributed by atoms with E-state index in [4.69, 9.17) is 14.2 Å². The molecular formula is C38H49N5O10S. The second-order valence-corrected chi connectivity index (χ2v) is 17.9. The molecular weight excluding hydrogens is 719 g/mol. The van der Waals surface area contributed by atoms with Gasteiger partial charge in [0.05, 0.1) is 17.5 Å². The average molecular weight is 768 g/mol. The number of benzene rings is 2. The van der Waals surface area contributed by atoms with Gasteiger partial charge in [-0.05, 0) is 69.7 Å². The Kier molecular flexibility index (Phi) is 11.4. The number of ether oxygens (including phenoxy) is 3. The van der Waals surface area contributed by atoms with Crippen molar-refractivity contribution in [2.75, 3.05) is 11.9 Å². The number of carbonyl (C=O) groups excluding carboxylic acids is 5. The predicted molar refractivity (Wildman–Crippen MR) is 199 cm³/mol. The van der Waals surface area contributed by atoms with Gasteiger partial charge in [0.25, 0.3) is 5.91 Å². The first-order chi connectivity index (χ1) is 25.2. The van der Waals surface area contributed by atoms with Crippen LogP contribution in [0.2, 0.25) is 0 Å². The van der Waals surface area contributed by atoms with Gasteiger partial charge in [-0.1, -0.05) is 57.2 Å². The van der Waals surface area contributed by atoms with Crippen molar-refractivity contribution in [3.05, 3.63) is 67.3 Å². The molecule has 5 atom stereocenters. The number of hydrogen-bond donors (Lipinski definition) is 4. The number of anilines is 1. The van der Waals surface area contributed by atoms with E-state index in [9.17, 15) is 32.4 Å². The van der Waals surface area contributed by atoms with Crippen molar-refractivity contribution in [1.29, 1.82) is 0 Å². The molecule has 54 heavy (non-hydrogen) atoms. The van der Waals surface area contributed by atoms with Crippen molar-refractivity contribution < 1.29 is 46.6 Å². The third-order valence-corrected chi connectivity index (χ3v) is 11.1. The molecule has 2 aliphatic carbocycles. The Morgan fingerprint density at radius 3 is 2.19 bits per heavy atom. The molecule has 0 radical (unpaired) electrons. The Labute approximate surface area is 315 Å². The quantitative estimate of drug-likeness (QED) is 0.221. The van der Waals surface area contributed by atoms with Crippen LogP contribution in [0.15, 0.2) is 67.3 Å². The van der Waals surface area contributed by atoms with E-state index < -0.39 is 85.8 Å². The fraction of sp³-hybridized carbons (Fsp3) is 0.500. The van der Waals surface area contributed by atoms with E-state index >= 15 is 0 Å². The van der Waals surface area contributed by atoms with Gasteiger partial charge in [-0.25, -0.2) is 18.0 Å². The number of hydrogen-bond acceptors (Lipinski definition) is 10. The van der Waals surface area contributed by atoms with Crippen molar-refractivity contribution in [2.24, 2.45) is 11.3 Å². The smallest absolute Gasteiger partial charge is 0.412 e. The molecule has 1 unspecified atom stereocenters. The summed E-state index contributed by atoms with van der Waals surface area (Å²) in [5.41, 5.74) is -3.06. The summed E-state index contributed by atoms with van der Waals surface area (Å²) in [5.74, 6) is -2.02. The summed E-state index contributed by atoms with van der Waals surface area (Å²) in [7, 11) is -3.94. The third-order valence-electron chi connectivity index (χ3n) is 9.24. The van der Waals surface area contributed by atoms with Crippen molar-refractivity contribution in [2.45, 2.75) is 102 Å². The van der Waals surface area contributed by atoms with Gasteiger partial charge in [0.1, 0.15) is 35.1 Å². The monoisotopic (exact) mass is 767 g/mol. The first-order valence-corrected chi connectivity index (χ1v) is 19.4. The highest BCUT2D eigenvalue weighted by molar-refractivity contribution is 7.91. The van der Waals surface area contributed by atoms with Crippen molar-refractivity contribution in [3.63, 3.8) is 0 Å². The lowest BCUT2D eigenvalue weighted by Gasteiger charge is -2.36. The van der Waals surface area contributed by atoms with Crippen molar-refractivity contribution >= 4 is 45.6 Å². The van der Waals surface area contributed by atoms with Crippen LogP contribution in [0.3, 0.4) is 0 Å². The highest BCUT2D eigenvalue weighted by Gasteiger charge is 2.62. The first kappa shape index (κ1) is 40.1. The average Bonchev–Trinajstić information content (AvgIpc) is 4.00. The molecule has 0 spiro atoms. The van der Waals surface area contributed by atoms with Crippen LogP contribution < -0.4 is 25.4 Å². The van der Waals surface area contributed by atoms with E-state index in [1.54, 1.807) is 90.1 Å². The Balaban J connectivity index is 1.38. The standard InChI is InChI=1S/C38H49N5O10S/c1-8-23-21-38(23,33(46)42-54(49,50)26-18-19-26)41-31(44)28-20-25(22-43(28)32(45)30(36(2,3)4)40-35(48)53-37(5,6)7)52-34(47)39-27-16-12-13-17-29(27)51-24-14-10-9-11-15-24/h8-17,23,25-26,28,30H,1,18-22H2,2-7H3,(H,39,47)(H,40,48)(H,41,44)(H,42,46)/t23?,25-,28+,30-,38-/m1/s1. The van der Waals surface area contributed by atoms with Crippen LogP contribution in [0.25, 0.3) is 0 Å². The molecule has 2 saturated carbocycles. The van der Waals surface area contributed by atoms with E-state index in [0.717, 1.165) is 0 Å². The highest BCUT2D eigenvalue weighted by atomic mass is 32.2. The highest BCUT2D eigenvalue weighted by Crippen LogP contribution is 2.45. The van der Waals surface area contributed by atoms with E-state index in [2.05, 4.69) is 27.3 Å². The lowest BCUT2D eigenvalue weighted by atomic mass is 9.85. The van der Waals surface area contributed by atoms with Crippen molar-refractivity contribution in [1.82, 2.24) is 20.3 Å². The maximum atomic E-state index is 14.4. The molecule has 2 aromatic carbocycles. The first-order valence-electron chi connectivity index (χ1n) is 17.8. The number of nitrogens with one attached hydrogen (secondary N) is 4. The molecule has 15 nitrogen and oxygen atoms in total. The summed E-state index contributed by atoms with van der Waals surface area (Å²) in [5, 5.41) is 7.34. The molecule has 3 aliphatic rings. The third kappa shape index (κ3) is 9.70. The number of rotatable bonds is 12. The summed E-state index contributed by atoms with van der Waals surface area (Å²) in [6.07, 6.45) is -0.511. The summed E-state index contributed by atoms with van der Waals surface area (Å²) in [6.45, 7) is 13.7. The number of nitrogens with zero attached hydrogens (tertiary/aromatic N) is 1. The minimum absolute atomic E-state index is 0.0898. The van der Waals surface area contributed by atoms with E-state index in [1.807, 2.05) is 6.07 Å². The topological polar surface area (TPSA) is 199 Å². The fourth-order valence-corrected chi connectivity index (χ4v) is 7.56. The van der Waals surface area contributed by atoms with Gasteiger partial charge in [-0.3, -0.25) is 24.4 Å². The van der Waals surface area contributed by atoms with Gasteiger partial charge < -0.3 is 29.7 Å². The van der Waals surface area contributed by atoms with Crippen LogP contribution in [0, 0.1) is 11.3 Å². The van der Waals surface area contributed by atoms with Gasteiger partial charge in [-0.2, -0.15) is 0 Å².